The Morgan fingerprint density at radius 2 is 1.74 bits per heavy atom. The van der Waals surface area contributed by atoms with Gasteiger partial charge in [-0.25, -0.2) is 4.39 Å². The zero-order valence-electron chi connectivity index (χ0n) is 20.0. The molecule has 1 aliphatic rings. The summed E-state index contributed by atoms with van der Waals surface area (Å²) in [7, 11) is 0. The monoisotopic (exact) mass is 504 g/mol. The van der Waals surface area contributed by atoms with Gasteiger partial charge in [-0.15, -0.1) is 0 Å². The van der Waals surface area contributed by atoms with Crippen molar-refractivity contribution in [3.05, 3.63) is 111 Å². The van der Waals surface area contributed by atoms with Crippen LogP contribution in [0, 0.1) is 33.5 Å². The first-order valence-electron chi connectivity index (χ1n) is 11.5. The van der Waals surface area contributed by atoms with Crippen LogP contribution in [0.2, 0.25) is 5.02 Å². The number of pyridine rings is 1. The summed E-state index contributed by atoms with van der Waals surface area (Å²) in [5.41, 5.74) is 7.89. The quantitative estimate of drug-likeness (QED) is 0.301. The van der Waals surface area contributed by atoms with E-state index in [1.807, 2.05) is 42.5 Å². The lowest BCUT2D eigenvalue weighted by molar-refractivity contribution is 0.563. The van der Waals surface area contributed by atoms with E-state index < -0.39 is 0 Å². The third-order valence-corrected chi connectivity index (χ3v) is 7.44. The van der Waals surface area contributed by atoms with Gasteiger partial charge in [0.15, 0.2) is 5.11 Å². The van der Waals surface area contributed by atoms with Gasteiger partial charge >= 0.3 is 0 Å². The molecule has 3 heterocycles. The van der Waals surface area contributed by atoms with Crippen LogP contribution in [-0.4, -0.2) is 14.7 Å². The second-order valence-corrected chi connectivity index (χ2v) is 9.78. The predicted molar refractivity (Wildman–Crippen MR) is 144 cm³/mol. The predicted octanol–water partition coefficient (Wildman–Crippen LogP) is 7.08. The minimum absolute atomic E-state index is 0.179. The van der Waals surface area contributed by atoms with Crippen molar-refractivity contribution >= 4 is 34.6 Å². The second kappa shape index (κ2) is 9.10. The van der Waals surface area contributed by atoms with Crippen LogP contribution >= 0.6 is 23.8 Å². The molecule has 1 N–H and O–H groups in total. The van der Waals surface area contributed by atoms with E-state index in [2.05, 4.69) is 46.6 Å². The van der Waals surface area contributed by atoms with Crippen molar-refractivity contribution in [3.8, 4) is 5.69 Å². The molecular weight excluding hydrogens is 479 g/mol. The highest BCUT2D eigenvalue weighted by Gasteiger charge is 2.43. The van der Waals surface area contributed by atoms with Crippen molar-refractivity contribution in [2.75, 3.05) is 4.90 Å². The molecule has 0 aliphatic carbocycles. The van der Waals surface area contributed by atoms with Crippen molar-refractivity contribution in [2.45, 2.75) is 39.8 Å². The van der Waals surface area contributed by atoms with E-state index in [4.69, 9.17) is 23.8 Å². The Bertz CT molecular complexity index is 1430. The van der Waals surface area contributed by atoms with E-state index in [0.717, 1.165) is 34.0 Å². The molecule has 0 radical (unpaired) electrons. The fraction of sp³-hybridized carbons (Fsp3) is 0.214. The Balaban J connectivity index is 1.74. The maximum absolute atomic E-state index is 14.2. The summed E-state index contributed by atoms with van der Waals surface area (Å²) in [4.78, 5) is 6.75. The molecule has 0 amide bonds. The summed E-state index contributed by atoms with van der Waals surface area (Å²) < 4.78 is 16.4. The van der Waals surface area contributed by atoms with Crippen molar-refractivity contribution in [2.24, 2.45) is 0 Å². The molecule has 4 aromatic rings. The maximum Gasteiger partial charge on any atom is 0.174 e. The molecule has 1 fully saturated rings. The molecule has 0 spiro atoms. The number of hydrogen-bond acceptors (Lipinski definition) is 2. The van der Waals surface area contributed by atoms with Gasteiger partial charge in [-0.1, -0.05) is 23.7 Å². The van der Waals surface area contributed by atoms with E-state index >= 15 is 0 Å². The van der Waals surface area contributed by atoms with E-state index in [1.54, 1.807) is 19.2 Å². The average Bonchev–Trinajstić information content (AvgIpc) is 3.28. The molecule has 0 unspecified atom stereocenters. The molecular formula is C28H26ClFN4S. The molecule has 0 saturated carbocycles. The number of nitrogens with zero attached hydrogens (tertiary/aromatic N) is 3. The molecule has 0 bridgehead atoms. The molecule has 178 valence electrons. The Morgan fingerprint density at radius 1 is 0.943 bits per heavy atom. The maximum atomic E-state index is 14.2. The Morgan fingerprint density at radius 3 is 2.43 bits per heavy atom. The van der Waals surface area contributed by atoms with Crippen LogP contribution in [0.3, 0.4) is 0 Å². The number of aromatic nitrogens is 2. The highest BCUT2D eigenvalue weighted by atomic mass is 35.5. The third-order valence-electron chi connectivity index (χ3n) is 6.89. The van der Waals surface area contributed by atoms with Crippen LogP contribution in [0.1, 0.15) is 45.9 Å². The lowest BCUT2D eigenvalue weighted by Crippen LogP contribution is -2.30. The highest BCUT2D eigenvalue weighted by Crippen LogP contribution is 2.45. The van der Waals surface area contributed by atoms with Gasteiger partial charge in [-0.05, 0) is 99.6 Å². The fourth-order valence-corrected chi connectivity index (χ4v) is 5.68. The summed E-state index contributed by atoms with van der Waals surface area (Å²) in [6, 6.07) is 18.5. The van der Waals surface area contributed by atoms with Crippen LogP contribution in [-0.2, 0) is 0 Å². The fourth-order valence-electron chi connectivity index (χ4n) is 5.15. The standard InChI is InChI=1S/C28H26ClFN4S/c1-16-14-22(11-12-23(16)30)34-27(26(32-28(34)35)24-10-5-6-13-31-24)25-17(2)18(3)33(19(25)4)21-9-7-8-20(29)15-21/h5-15,26-27H,1-4H3,(H,32,35)/t26-,27-/m1/s1. The summed E-state index contributed by atoms with van der Waals surface area (Å²) in [5, 5.41) is 4.78. The number of nitrogens with one attached hydrogen (secondary N) is 1. The Labute approximate surface area is 215 Å². The summed E-state index contributed by atoms with van der Waals surface area (Å²) in [5.74, 6) is -0.236. The minimum atomic E-state index is -0.236. The number of anilines is 1. The number of halogens is 2. The largest absolute Gasteiger partial charge is 0.351 e. The second-order valence-electron chi connectivity index (χ2n) is 8.95. The van der Waals surface area contributed by atoms with Crippen LogP contribution in [0.15, 0.2) is 66.9 Å². The molecule has 1 saturated heterocycles. The van der Waals surface area contributed by atoms with E-state index in [1.165, 1.54) is 11.6 Å². The summed E-state index contributed by atoms with van der Waals surface area (Å²) >= 11 is 12.2. The number of benzene rings is 2. The lowest BCUT2D eigenvalue weighted by atomic mass is 9.93. The van der Waals surface area contributed by atoms with E-state index in [-0.39, 0.29) is 17.9 Å². The van der Waals surface area contributed by atoms with Gasteiger partial charge in [0.25, 0.3) is 0 Å². The van der Waals surface area contributed by atoms with Gasteiger partial charge in [-0.2, -0.15) is 0 Å². The third kappa shape index (κ3) is 4.01. The van der Waals surface area contributed by atoms with Gasteiger partial charge in [0.05, 0.1) is 17.8 Å². The Kier molecular flexibility index (Phi) is 6.11. The van der Waals surface area contributed by atoms with E-state index in [9.17, 15) is 4.39 Å². The van der Waals surface area contributed by atoms with E-state index in [0.29, 0.717) is 15.7 Å². The average molecular weight is 505 g/mol. The van der Waals surface area contributed by atoms with Gasteiger partial charge in [0, 0.05) is 39.5 Å². The smallest absolute Gasteiger partial charge is 0.174 e. The first-order chi connectivity index (χ1) is 16.8. The molecule has 2 aromatic heterocycles. The first kappa shape index (κ1) is 23.5. The van der Waals surface area contributed by atoms with Crippen molar-refractivity contribution in [1.82, 2.24) is 14.9 Å². The summed E-state index contributed by atoms with van der Waals surface area (Å²) in [6.45, 7) is 8.16. The topological polar surface area (TPSA) is 33.1 Å². The van der Waals surface area contributed by atoms with Crippen LogP contribution in [0.5, 0.6) is 0 Å². The van der Waals surface area contributed by atoms with Gasteiger partial charge < -0.3 is 14.8 Å². The first-order valence-corrected chi connectivity index (χ1v) is 12.3. The lowest BCUT2D eigenvalue weighted by Gasteiger charge is -2.29. The van der Waals surface area contributed by atoms with Gasteiger partial charge in [0.1, 0.15) is 5.82 Å². The normalized spacial score (nSPS) is 17.7. The zero-order chi connectivity index (χ0) is 24.9. The molecule has 2 atom stereocenters. The van der Waals surface area contributed by atoms with Crippen LogP contribution in [0.25, 0.3) is 5.69 Å². The number of aryl methyl sites for hydroxylation is 1. The van der Waals surface area contributed by atoms with Crippen LogP contribution < -0.4 is 10.2 Å². The van der Waals surface area contributed by atoms with Crippen molar-refractivity contribution in [3.63, 3.8) is 0 Å². The number of thiocarbonyl (C=S) groups is 1. The molecule has 2 aromatic carbocycles. The molecule has 1 aliphatic heterocycles. The molecule has 35 heavy (non-hydrogen) atoms. The number of rotatable bonds is 4. The zero-order valence-corrected chi connectivity index (χ0v) is 21.6. The molecule has 7 heteroatoms. The minimum Gasteiger partial charge on any atom is -0.351 e. The summed E-state index contributed by atoms with van der Waals surface area (Å²) in [6.07, 6.45) is 1.80. The van der Waals surface area contributed by atoms with Crippen LogP contribution in [0.4, 0.5) is 10.1 Å². The highest BCUT2D eigenvalue weighted by molar-refractivity contribution is 7.80. The van der Waals surface area contributed by atoms with Gasteiger partial charge in [0.2, 0.25) is 0 Å². The van der Waals surface area contributed by atoms with Gasteiger partial charge in [-0.3, -0.25) is 4.98 Å². The van der Waals surface area contributed by atoms with Crippen molar-refractivity contribution < 1.29 is 4.39 Å². The van der Waals surface area contributed by atoms with Crippen molar-refractivity contribution in [1.29, 1.82) is 0 Å². The molecule has 4 nitrogen and oxygen atoms in total. The molecule has 5 rings (SSSR count). The Hall–Kier alpha value is -3.22. The number of hydrogen-bond donors (Lipinski definition) is 1. The SMILES string of the molecule is Cc1cc(N2C(=S)N[C@H](c3ccccn3)[C@H]2c2c(C)c(C)n(-c3cccc(Cl)c3)c2C)ccc1F.